The topological polar surface area (TPSA) is 66.6 Å². The molecule has 88 valence electrons. The van der Waals surface area contributed by atoms with Gasteiger partial charge in [-0.2, -0.15) is 0 Å². The number of nitrogens with zero attached hydrogens (tertiary/aromatic N) is 1. The molecule has 0 saturated carbocycles. The molecule has 4 nitrogen and oxygen atoms in total. The summed E-state index contributed by atoms with van der Waals surface area (Å²) >= 11 is 4.78. The molecule has 3 N–H and O–H groups in total. The summed E-state index contributed by atoms with van der Waals surface area (Å²) in [7, 11) is 0. The van der Waals surface area contributed by atoms with Crippen LogP contribution in [0.2, 0.25) is 0 Å². The first-order chi connectivity index (χ1) is 7.04. The van der Waals surface area contributed by atoms with Gasteiger partial charge in [0.2, 0.25) is 5.91 Å². The van der Waals surface area contributed by atoms with Crippen LogP contribution in [0.1, 0.15) is 26.7 Å². The quantitative estimate of drug-likeness (QED) is 0.628. The van der Waals surface area contributed by atoms with E-state index in [4.69, 9.17) is 23.1 Å². The van der Waals surface area contributed by atoms with E-state index in [1.165, 1.54) is 0 Å². The summed E-state index contributed by atoms with van der Waals surface area (Å²) in [4.78, 5) is 13.7. The van der Waals surface area contributed by atoms with Gasteiger partial charge in [0.05, 0.1) is 17.5 Å². The van der Waals surface area contributed by atoms with Crippen LogP contribution in [0.5, 0.6) is 0 Å². The first-order valence-electron chi connectivity index (χ1n) is 5.23. The first kappa shape index (κ1) is 14.3. The second kappa shape index (κ2) is 7.59. The van der Waals surface area contributed by atoms with Gasteiger partial charge in [0, 0.05) is 13.1 Å². The SMILES string of the molecule is CCCCN(CCO)C(=O)C(C)C(N)=S. The standard InChI is InChI=1S/C10H20N2O2S/c1-3-4-5-12(6-7-13)10(14)8(2)9(11)15/h8,13H,3-7H2,1-2H3,(H2,11,15). The number of nitrogens with two attached hydrogens (primary N) is 1. The highest BCUT2D eigenvalue weighted by Crippen LogP contribution is 2.04. The van der Waals surface area contributed by atoms with Crippen LogP contribution in [0, 0.1) is 5.92 Å². The molecule has 0 aliphatic rings. The highest BCUT2D eigenvalue weighted by molar-refractivity contribution is 7.80. The van der Waals surface area contributed by atoms with Crippen molar-refractivity contribution in [2.75, 3.05) is 19.7 Å². The molecule has 0 fully saturated rings. The van der Waals surface area contributed by atoms with Crippen molar-refractivity contribution < 1.29 is 9.90 Å². The van der Waals surface area contributed by atoms with Crippen molar-refractivity contribution in [3.63, 3.8) is 0 Å². The van der Waals surface area contributed by atoms with E-state index in [-0.39, 0.29) is 17.5 Å². The molecular weight excluding hydrogens is 212 g/mol. The van der Waals surface area contributed by atoms with Gasteiger partial charge in [-0.05, 0) is 13.3 Å². The fourth-order valence-corrected chi connectivity index (χ4v) is 1.30. The predicted octanol–water partition coefficient (Wildman–Crippen LogP) is 0.530. The van der Waals surface area contributed by atoms with E-state index < -0.39 is 5.92 Å². The Morgan fingerprint density at radius 3 is 2.53 bits per heavy atom. The molecule has 0 aliphatic heterocycles. The van der Waals surface area contributed by atoms with Gasteiger partial charge in [0.1, 0.15) is 0 Å². The van der Waals surface area contributed by atoms with E-state index >= 15 is 0 Å². The third-order valence-corrected chi connectivity index (χ3v) is 2.61. The lowest BCUT2D eigenvalue weighted by molar-refractivity contribution is -0.133. The number of rotatable bonds is 7. The van der Waals surface area contributed by atoms with E-state index in [2.05, 4.69) is 6.92 Å². The van der Waals surface area contributed by atoms with Crippen molar-refractivity contribution in [2.45, 2.75) is 26.7 Å². The zero-order chi connectivity index (χ0) is 11.8. The highest BCUT2D eigenvalue weighted by Gasteiger charge is 2.21. The number of aliphatic hydroxyl groups is 1. The molecule has 0 spiro atoms. The molecule has 15 heavy (non-hydrogen) atoms. The maximum Gasteiger partial charge on any atom is 0.232 e. The number of hydrogen-bond acceptors (Lipinski definition) is 3. The molecular formula is C10H20N2O2S. The Hall–Kier alpha value is -0.680. The zero-order valence-electron chi connectivity index (χ0n) is 9.40. The van der Waals surface area contributed by atoms with Crippen molar-refractivity contribution in [3.8, 4) is 0 Å². The maximum atomic E-state index is 11.8. The van der Waals surface area contributed by atoms with Gasteiger partial charge in [0.25, 0.3) is 0 Å². The van der Waals surface area contributed by atoms with E-state index in [1.54, 1.807) is 11.8 Å². The number of thiocarbonyl (C=S) groups is 1. The van der Waals surface area contributed by atoms with Gasteiger partial charge in [0.15, 0.2) is 0 Å². The first-order valence-corrected chi connectivity index (χ1v) is 5.64. The van der Waals surface area contributed by atoms with Gasteiger partial charge in [-0.1, -0.05) is 25.6 Å². The lowest BCUT2D eigenvalue weighted by Gasteiger charge is -2.24. The van der Waals surface area contributed by atoms with Gasteiger partial charge >= 0.3 is 0 Å². The number of unbranched alkanes of at least 4 members (excludes halogenated alkanes) is 1. The smallest absolute Gasteiger partial charge is 0.232 e. The fourth-order valence-electron chi connectivity index (χ4n) is 1.20. The van der Waals surface area contributed by atoms with Crippen LogP contribution in [0.4, 0.5) is 0 Å². The second-order valence-electron chi connectivity index (χ2n) is 3.53. The second-order valence-corrected chi connectivity index (χ2v) is 4.00. The summed E-state index contributed by atoms with van der Waals surface area (Å²) in [5.74, 6) is -0.534. The Morgan fingerprint density at radius 1 is 1.53 bits per heavy atom. The number of amides is 1. The lowest BCUT2D eigenvalue weighted by Crippen LogP contribution is -2.41. The van der Waals surface area contributed by atoms with E-state index in [0.29, 0.717) is 13.1 Å². The predicted molar refractivity (Wildman–Crippen MR) is 64.5 cm³/mol. The number of carbonyl (C=O) groups excluding carboxylic acids is 1. The molecule has 0 bridgehead atoms. The number of carbonyl (C=O) groups is 1. The molecule has 0 aromatic heterocycles. The third-order valence-electron chi connectivity index (χ3n) is 2.26. The Balaban J connectivity index is 4.33. The van der Waals surface area contributed by atoms with Crippen molar-refractivity contribution in [1.29, 1.82) is 0 Å². The van der Waals surface area contributed by atoms with Crippen molar-refractivity contribution in [2.24, 2.45) is 11.7 Å². The van der Waals surface area contributed by atoms with Gasteiger partial charge < -0.3 is 15.7 Å². The summed E-state index contributed by atoms with van der Waals surface area (Å²) in [6, 6.07) is 0. The molecule has 0 aromatic rings. The Morgan fingerprint density at radius 2 is 2.13 bits per heavy atom. The highest BCUT2D eigenvalue weighted by atomic mass is 32.1. The molecule has 1 unspecified atom stereocenters. The molecule has 1 amide bonds. The molecule has 0 rings (SSSR count). The molecule has 0 aromatic carbocycles. The largest absolute Gasteiger partial charge is 0.395 e. The third kappa shape index (κ3) is 5.09. The lowest BCUT2D eigenvalue weighted by atomic mass is 10.1. The van der Waals surface area contributed by atoms with Crippen LogP contribution < -0.4 is 5.73 Å². The summed E-state index contributed by atoms with van der Waals surface area (Å²) in [6.07, 6.45) is 1.94. The number of hydrogen-bond donors (Lipinski definition) is 2. The monoisotopic (exact) mass is 232 g/mol. The summed E-state index contributed by atoms with van der Waals surface area (Å²) in [6.45, 7) is 4.73. The van der Waals surface area contributed by atoms with E-state index in [0.717, 1.165) is 12.8 Å². The van der Waals surface area contributed by atoms with Gasteiger partial charge in [-0.15, -0.1) is 0 Å². The van der Waals surface area contributed by atoms with Crippen LogP contribution in [-0.4, -0.2) is 40.6 Å². The average molecular weight is 232 g/mol. The molecule has 5 heteroatoms. The molecule has 0 heterocycles. The minimum Gasteiger partial charge on any atom is -0.395 e. The molecule has 0 radical (unpaired) electrons. The van der Waals surface area contributed by atoms with Crippen LogP contribution in [-0.2, 0) is 4.79 Å². The zero-order valence-corrected chi connectivity index (χ0v) is 10.2. The summed E-state index contributed by atoms with van der Waals surface area (Å²) in [5.41, 5.74) is 5.42. The Kier molecular flexibility index (Phi) is 7.25. The van der Waals surface area contributed by atoms with Crippen LogP contribution in [0.3, 0.4) is 0 Å². The normalized spacial score (nSPS) is 12.2. The summed E-state index contributed by atoms with van der Waals surface area (Å²) in [5, 5.41) is 8.85. The Bertz CT molecular complexity index is 221. The van der Waals surface area contributed by atoms with Crippen molar-refractivity contribution in [3.05, 3.63) is 0 Å². The fraction of sp³-hybridized carbons (Fsp3) is 0.800. The summed E-state index contributed by atoms with van der Waals surface area (Å²) < 4.78 is 0. The van der Waals surface area contributed by atoms with E-state index in [1.807, 2.05) is 0 Å². The Labute approximate surface area is 96.4 Å². The van der Waals surface area contributed by atoms with Crippen LogP contribution in [0.25, 0.3) is 0 Å². The van der Waals surface area contributed by atoms with Crippen LogP contribution >= 0.6 is 12.2 Å². The minimum absolute atomic E-state index is 0.0283. The van der Waals surface area contributed by atoms with Crippen molar-refractivity contribution in [1.82, 2.24) is 4.90 Å². The number of aliphatic hydroxyl groups excluding tert-OH is 1. The van der Waals surface area contributed by atoms with Gasteiger partial charge in [-0.3, -0.25) is 4.79 Å². The minimum atomic E-state index is -0.441. The average Bonchev–Trinajstić information content (AvgIpc) is 2.22. The molecule has 1 atom stereocenters. The molecule has 0 saturated heterocycles. The molecule has 0 aliphatic carbocycles. The van der Waals surface area contributed by atoms with Gasteiger partial charge in [-0.25, -0.2) is 0 Å². The van der Waals surface area contributed by atoms with Crippen LogP contribution in [0.15, 0.2) is 0 Å². The van der Waals surface area contributed by atoms with E-state index in [9.17, 15) is 4.79 Å². The van der Waals surface area contributed by atoms with Crippen molar-refractivity contribution >= 4 is 23.1 Å². The maximum absolute atomic E-state index is 11.8.